The molecule has 104 valence electrons. The summed E-state index contributed by atoms with van der Waals surface area (Å²) in [7, 11) is 3.18. The van der Waals surface area contributed by atoms with Crippen LogP contribution in [0.25, 0.3) is 0 Å². The Balaban J connectivity index is 1.98. The summed E-state index contributed by atoms with van der Waals surface area (Å²) in [6.07, 6.45) is 6.90. The third kappa shape index (κ3) is 3.49. The quantitative estimate of drug-likeness (QED) is 0.730. The monoisotopic (exact) mass is 262 g/mol. The maximum atomic E-state index is 12.2. The van der Waals surface area contributed by atoms with Crippen molar-refractivity contribution in [2.75, 3.05) is 14.2 Å². The molecule has 1 saturated carbocycles. The van der Waals surface area contributed by atoms with E-state index in [1.165, 1.54) is 25.7 Å². The zero-order valence-corrected chi connectivity index (χ0v) is 11.8. The zero-order valence-electron chi connectivity index (χ0n) is 11.8. The Labute approximate surface area is 114 Å². The van der Waals surface area contributed by atoms with Gasteiger partial charge in [-0.1, -0.05) is 25.7 Å². The van der Waals surface area contributed by atoms with E-state index < -0.39 is 0 Å². The lowest BCUT2D eigenvalue weighted by atomic mass is 9.97. The molecule has 1 fully saturated rings. The fourth-order valence-electron chi connectivity index (χ4n) is 2.79. The maximum absolute atomic E-state index is 12.2. The molecule has 1 aliphatic carbocycles. The molecular formula is C16H22O3. The summed E-state index contributed by atoms with van der Waals surface area (Å²) in [5.74, 6) is 2.24. The fourth-order valence-corrected chi connectivity index (χ4v) is 2.79. The molecule has 0 amide bonds. The molecule has 3 heteroatoms. The molecule has 0 radical (unpaired) electrons. The number of rotatable bonds is 6. The predicted octanol–water partition coefficient (Wildman–Crippen LogP) is 3.86. The molecule has 0 aromatic heterocycles. The van der Waals surface area contributed by atoms with Gasteiger partial charge in [0.05, 0.1) is 14.2 Å². The van der Waals surface area contributed by atoms with Gasteiger partial charge in [0.25, 0.3) is 0 Å². The van der Waals surface area contributed by atoms with Crippen LogP contribution >= 0.6 is 0 Å². The first-order chi connectivity index (χ1) is 9.24. The van der Waals surface area contributed by atoms with Crippen molar-refractivity contribution in [3.8, 4) is 11.5 Å². The molecule has 0 unspecified atom stereocenters. The standard InChI is InChI=1S/C16H22O3/c1-18-15-10-8-13(11-16(15)19-2)14(17)9-7-12-5-3-4-6-12/h8,10-12H,3-7,9H2,1-2H3. The SMILES string of the molecule is COc1ccc(C(=O)CCC2CCCC2)cc1OC. The Morgan fingerprint density at radius 1 is 1.16 bits per heavy atom. The first-order valence-electron chi connectivity index (χ1n) is 7.00. The summed E-state index contributed by atoms with van der Waals surface area (Å²) in [4.78, 5) is 12.2. The Bertz CT molecular complexity index is 434. The summed E-state index contributed by atoms with van der Waals surface area (Å²) in [5.41, 5.74) is 0.718. The van der Waals surface area contributed by atoms with Crippen LogP contribution < -0.4 is 9.47 Å². The number of carbonyl (C=O) groups is 1. The number of benzene rings is 1. The molecule has 0 N–H and O–H groups in total. The lowest BCUT2D eigenvalue weighted by Gasteiger charge is -2.10. The number of ketones is 1. The number of hydrogen-bond donors (Lipinski definition) is 0. The molecule has 0 heterocycles. The number of ether oxygens (including phenoxy) is 2. The van der Waals surface area contributed by atoms with Crippen LogP contribution in [0.2, 0.25) is 0 Å². The van der Waals surface area contributed by atoms with Crippen LogP contribution in [-0.2, 0) is 0 Å². The Morgan fingerprint density at radius 3 is 2.47 bits per heavy atom. The normalized spacial score (nSPS) is 15.5. The third-order valence-corrected chi connectivity index (χ3v) is 3.96. The summed E-state index contributed by atoms with van der Waals surface area (Å²) in [6, 6.07) is 5.38. The summed E-state index contributed by atoms with van der Waals surface area (Å²) >= 11 is 0. The number of hydrogen-bond acceptors (Lipinski definition) is 3. The van der Waals surface area contributed by atoms with E-state index in [4.69, 9.17) is 9.47 Å². The van der Waals surface area contributed by atoms with Crippen LogP contribution in [0.5, 0.6) is 11.5 Å². The van der Waals surface area contributed by atoms with Crippen LogP contribution in [0, 0.1) is 5.92 Å². The van der Waals surface area contributed by atoms with Crippen LogP contribution in [0.1, 0.15) is 48.9 Å². The lowest BCUT2D eigenvalue weighted by Crippen LogP contribution is -2.03. The van der Waals surface area contributed by atoms with Crippen LogP contribution in [0.4, 0.5) is 0 Å². The van der Waals surface area contributed by atoms with Gasteiger partial charge in [0.2, 0.25) is 0 Å². The minimum atomic E-state index is 0.202. The minimum absolute atomic E-state index is 0.202. The fraction of sp³-hybridized carbons (Fsp3) is 0.562. The highest BCUT2D eigenvalue weighted by Crippen LogP contribution is 2.31. The maximum Gasteiger partial charge on any atom is 0.163 e. The van der Waals surface area contributed by atoms with Crippen LogP contribution in [-0.4, -0.2) is 20.0 Å². The molecule has 0 spiro atoms. The highest BCUT2D eigenvalue weighted by molar-refractivity contribution is 5.96. The van der Waals surface area contributed by atoms with Gasteiger partial charge < -0.3 is 9.47 Å². The van der Waals surface area contributed by atoms with Crippen molar-refractivity contribution in [1.82, 2.24) is 0 Å². The Morgan fingerprint density at radius 2 is 1.84 bits per heavy atom. The summed E-state index contributed by atoms with van der Waals surface area (Å²) in [6.45, 7) is 0. The second kappa shape index (κ2) is 6.60. The van der Waals surface area contributed by atoms with Crippen LogP contribution in [0.15, 0.2) is 18.2 Å². The van der Waals surface area contributed by atoms with Gasteiger partial charge in [0, 0.05) is 12.0 Å². The largest absolute Gasteiger partial charge is 0.493 e. The van der Waals surface area contributed by atoms with Crippen molar-refractivity contribution in [3.05, 3.63) is 23.8 Å². The van der Waals surface area contributed by atoms with Crippen molar-refractivity contribution in [1.29, 1.82) is 0 Å². The molecule has 3 nitrogen and oxygen atoms in total. The van der Waals surface area contributed by atoms with Crippen LogP contribution in [0.3, 0.4) is 0 Å². The Hall–Kier alpha value is -1.51. The average molecular weight is 262 g/mol. The van der Waals surface area contributed by atoms with Gasteiger partial charge in [-0.15, -0.1) is 0 Å². The lowest BCUT2D eigenvalue weighted by molar-refractivity contribution is 0.0973. The van der Waals surface area contributed by atoms with Gasteiger partial charge in [-0.2, -0.15) is 0 Å². The topological polar surface area (TPSA) is 35.5 Å². The van der Waals surface area contributed by atoms with E-state index in [0.29, 0.717) is 17.9 Å². The molecule has 0 bridgehead atoms. The van der Waals surface area contributed by atoms with Crippen molar-refractivity contribution in [2.45, 2.75) is 38.5 Å². The molecule has 0 saturated heterocycles. The molecular weight excluding hydrogens is 240 g/mol. The molecule has 0 aliphatic heterocycles. The first kappa shape index (κ1) is 13.9. The second-order valence-corrected chi connectivity index (χ2v) is 5.18. The van der Waals surface area contributed by atoms with E-state index in [9.17, 15) is 4.79 Å². The van der Waals surface area contributed by atoms with Gasteiger partial charge >= 0.3 is 0 Å². The van der Waals surface area contributed by atoms with E-state index in [1.54, 1.807) is 26.4 Å². The van der Waals surface area contributed by atoms with E-state index >= 15 is 0 Å². The highest BCUT2D eigenvalue weighted by atomic mass is 16.5. The summed E-state index contributed by atoms with van der Waals surface area (Å²) in [5, 5.41) is 0. The van der Waals surface area contributed by atoms with Crippen molar-refractivity contribution >= 4 is 5.78 Å². The number of carbonyl (C=O) groups excluding carboxylic acids is 1. The van der Waals surface area contributed by atoms with Gasteiger partial charge in [-0.25, -0.2) is 0 Å². The molecule has 1 aromatic carbocycles. The van der Waals surface area contributed by atoms with E-state index in [1.807, 2.05) is 6.07 Å². The second-order valence-electron chi connectivity index (χ2n) is 5.18. The highest BCUT2D eigenvalue weighted by Gasteiger charge is 2.17. The van der Waals surface area contributed by atoms with Gasteiger partial charge in [0.15, 0.2) is 17.3 Å². The molecule has 0 atom stereocenters. The third-order valence-electron chi connectivity index (χ3n) is 3.96. The molecule has 1 aromatic rings. The van der Waals surface area contributed by atoms with E-state index in [0.717, 1.165) is 17.9 Å². The smallest absolute Gasteiger partial charge is 0.163 e. The predicted molar refractivity (Wildman–Crippen MR) is 75.1 cm³/mol. The van der Waals surface area contributed by atoms with Crippen molar-refractivity contribution in [3.63, 3.8) is 0 Å². The van der Waals surface area contributed by atoms with Gasteiger partial charge in [-0.3, -0.25) is 4.79 Å². The molecule has 1 aliphatic rings. The number of methoxy groups -OCH3 is 2. The zero-order chi connectivity index (χ0) is 13.7. The average Bonchev–Trinajstić information content (AvgIpc) is 2.97. The van der Waals surface area contributed by atoms with Gasteiger partial charge in [0.1, 0.15) is 0 Å². The first-order valence-corrected chi connectivity index (χ1v) is 7.00. The number of Topliss-reactive ketones (excluding diaryl/α,β-unsaturated/α-hetero) is 1. The van der Waals surface area contributed by atoms with E-state index in [-0.39, 0.29) is 5.78 Å². The summed E-state index contributed by atoms with van der Waals surface area (Å²) < 4.78 is 10.4. The Kier molecular flexibility index (Phi) is 4.83. The van der Waals surface area contributed by atoms with E-state index in [2.05, 4.69) is 0 Å². The van der Waals surface area contributed by atoms with Crippen molar-refractivity contribution in [2.24, 2.45) is 5.92 Å². The van der Waals surface area contributed by atoms with Gasteiger partial charge in [-0.05, 0) is 30.5 Å². The minimum Gasteiger partial charge on any atom is -0.493 e. The molecule has 2 rings (SSSR count). The van der Waals surface area contributed by atoms with Crippen molar-refractivity contribution < 1.29 is 14.3 Å². The molecule has 19 heavy (non-hydrogen) atoms.